The Labute approximate surface area is 166 Å². The van der Waals surface area contributed by atoms with E-state index in [0.717, 1.165) is 11.9 Å². The summed E-state index contributed by atoms with van der Waals surface area (Å²) in [5, 5.41) is 14.5. The summed E-state index contributed by atoms with van der Waals surface area (Å²) in [4.78, 5) is 31.1. The molecule has 0 atom stereocenters. The average Bonchev–Trinajstić information content (AvgIpc) is 2.72. The number of anilines is 3. The second-order valence-corrected chi connectivity index (χ2v) is 5.98. The Hall–Kier alpha value is -4.21. The van der Waals surface area contributed by atoms with Gasteiger partial charge < -0.3 is 10.1 Å². The molecule has 29 heavy (non-hydrogen) atoms. The Morgan fingerprint density at radius 1 is 1.10 bits per heavy atom. The smallest absolute Gasteiger partial charge is 0.355 e. The lowest BCUT2D eigenvalue weighted by Gasteiger charge is -2.11. The number of nitrogens with zero attached hydrogens (tertiary/aromatic N) is 3. The standard InChI is InChI=1S/C19H18N6O4/c1-12-4-3-5-14(10-12)22-17-16(25(27)28)18(21-11-20-17)23-24-19(26)13-6-8-15(29-2)9-7-13/h3-11H,1-2H3,(H,24,26)(H2,20,21,22,23). The van der Waals surface area contributed by atoms with E-state index in [0.29, 0.717) is 17.0 Å². The molecule has 148 valence electrons. The first-order valence-electron chi connectivity index (χ1n) is 8.51. The molecule has 1 aromatic heterocycles. The van der Waals surface area contributed by atoms with Crippen LogP contribution in [0.15, 0.2) is 54.9 Å². The molecular weight excluding hydrogens is 376 g/mol. The molecule has 1 heterocycles. The predicted octanol–water partition coefficient (Wildman–Crippen LogP) is 3.20. The largest absolute Gasteiger partial charge is 0.497 e. The van der Waals surface area contributed by atoms with Gasteiger partial charge in [0.25, 0.3) is 5.91 Å². The highest BCUT2D eigenvalue weighted by Gasteiger charge is 2.23. The lowest BCUT2D eigenvalue weighted by Crippen LogP contribution is -2.30. The number of methoxy groups -OCH3 is 1. The van der Waals surface area contributed by atoms with E-state index in [1.165, 1.54) is 7.11 Å². The maximum Gasteiger partial charge on any atom is 0.355 e. The minimum absolute atomic E-state index is 0.00297. The Kier molecular flexibility index (Phi) is 5.83. The lowest BCUT2D eigenvalue weighted by atomic mass is 10.2. The molecule has 10 nitrogen and oxygen atoms in total. The summed E-state index contributed by atoms with van der Waals surface area (Å²) in [6.07, 6.45) is 1.16. The molecule has 0 aliphatic rings. The molecular formula is C19H18N6O4. The lowest BCUT2D eigenvalue weighted by molar-refractivity contribution is -0.383. The zero-order chi connectivity index (χ0) is 20.8. The summed E-state index contributed by atoms with van der Waals surface area (Å²) in [5.41, 5.74) is 6.46. The maximum atomic E-state index is 12.3. The molecule has 0 aliphatic heterocycles. The number of aryl methyl sites for hydroxylation is 1. The minimum Gasteiger partial charge on any atom is -0.497 e. The van der Waals surface area contributed by atoms with Crippen molar-refractivity contribution in [2.45, 2.75) is 6.92 Å². The molecule has 0 fully saturated rings. The van der Waals surface area contributed by atoms with Crippen molar-refractivity contribution in [3.8, 4) is 5.75 Å². The number of benzene rings is 2. The van der Waals surface area contributed by atoms with E-state index >= 15 is 0 Å². The number of nitro groups is 1. The Morgan fingerprint density at radius 3 is 2.48 bits per heavy atom. The fraction of sp³-hybridized carbons (Fsp3) is 0.105. The molecule has 3 N–H and O–H groups in total. The Balaban J connectivity index is 1.79. The van der Waals surface area contributed by atoms with Gasteiger partial charge in [-0.1, -0.05) is 12.1 Å². The first kappa shape index (κ1) is 19.5. The van der Waals surface area contributed by atoms with Crippen LogP contribution in [0, 0.1) is 17.0 Å². The van der Waals surface area contributed by atoms with Crippen molar-refractivity contribution in [3.63, 3.8) is 0 Å². The molecule has 0 saturated carbocycles. The van der Waals surface area contributed by atoms with Crippen LogP contribution in [0.5, 0.6) is 5.75 Å². The molecule has 0 saturated heterocycles. The van der Waals surface area contributed by atoms with Crippen LogP contribution < -0.4 is 20.9 Å². The van der Waals surface area contributed by atoms with E-state index in [1.54, 1.807) is 30.3 Å². The number of aromatic nitrogens is 2. The van der Waals surface area contributed by atoms with Gasteiger partial charge in [-0.25, -0.2) is 9.97 Å². The van der Waals surface area contributed by atoms with Crippen LogP contribution in [0.25, 0.3) is 0 Å². The van der Waals surface area contributed by atoms with E-state index in [-0.39, 0.29) is 11.6 Å². The van der Waals surface area contributed by atoms with Crippen molar-refractivity contribution in [2.24, 2.45) is 0 Å². The average molecular weight is 394 g/mol. The van der Waals surface area contributed by atoms with Gasteiger partial charge in [-0.15, -0.1) is 0 Å². The van der Waals surface area contributed by atoms with E-state index in [1.807, 2.05) is 25.1 Å². The van der Waals surface area contributed by atoms with Crippen LogP contribution in [0.1, 0.15) is 15.9 Å². The van der Waals surface area contributed by atoms with Gasteiger partial charge in [0.1, 0.15) is 12.1 Å². The third-order valence-electron chi connectivity index (χ3n) is 3.93. The molecule has 0 bridgehead atoms. The van der Waals surface area contributed by atoms with Crippen LogP contribution in [0.2, 0.25) is 0 Å². The zero-order valence-corrected chi connectivity index (χ0v) is 15.7. The van der Waals surface area contributed by atoms with Crippen molar-refractivity contribution in [2.75, 3.05) is 17.9 Å². The van der Waals surface area contributed by atoms with Gasteiger partial charge in [0, 0.05) is 11.3 Å². The zero-order valence-electron chi connectivity index (χ0n) is 15.7. The van der Waals surface area contributed by atoms with Crippen molar-refractivity contribution in [1.29, 1.82) is 0 Å². The molecule has 1 amide bonds. The van der Waals surface area contributed by atoms with Crippen LogP contribution in [-0.2, 0) is 0 Å². The molecule has 2 aromatic carbocycles. The van der Waals surface area contributed by atoms with Crippen molar-refractivity contribution in [3.05, 3.63) is 76.1 Å². The normalized spacial score (nSPS) is 10.1. The topological polar surface area (TPSA) is 131 Å². The summed E-state index contributed by atoms with van der Waals surface area (Å²) >= 11 is 0. The number of carbonyl (C=O) groups excluding carboxylic acids is 1. The molecule has 10 heteroatoms. The van der Waals surface area contributed by atoms with Crippen molar-refractivity contribution < 1.29 is 14.5 Å². The second kappa shape index (κ2) is 8.65. The van der Waals surface area contributed by atoms with Gasteiger partial charge in [0.2, 0.25) is 11.6 Å². The SMILES string of the molecule is COc1ccc(C(=O)NNc2ncnc(Nc3cccc(C)c3)c2[N+](=O)[O-])cc1. The predicted molar refractivity (Wildman–Crippen MR) is 107 cm³/mol. The monoisotopic (exact) mass is 394 g/mol. The number of nitrogens with one attached hydrogen (secondary N) is 3. The fourth-order valence-corrected chi connectivity index (χ4v) is 2.52. The van der Waals surface area contributed by atoms with Crippen LogP contribution >= 0.6 is 0 Å². The number of rotatable bonds is 7. The fourth-order valence-electron chi connectivity index (χ4n) is 2.52. The minimum atomic E-state index is -0.625. The van der Waals surface area contributed by atoms with Gasteiger partial charge in [-0.2, -0.15) is 0 Å². The highest BCUT2D eigenvalue weighted by Crippen LogP contribution is 2.30. The molecule has 0 spiro atoms. The Bertz CT molecular complexity index is 1040. The summed E-state index contributed by atoms with van der Waals surface area (Å²) in [6.45, 7) is 1.90. The molecule has 3 aromatic rings. The molecule has 0 aliphatic carbocycles. The van der Waals surface area contributed by atoms with Gasteiger partial charge >= 0.3 is 5.69 Å². The van der Waals surface area contributed by atoms with Gasteiger partial charge in [0.15, 0.2) is 0 Å². The third kappa shape index (κ3) is 4.75. The number of hydrazine groups is 1. The van der Waals surface area contributed by atoms with Gasteiger partial charge in [-0.3, -0.25) is 25.8 Å². The molecule has 0 radical (unpaired) electrons. The number of amides is 1. The number of carbonyl (C=O) groups is 1. The van der Waals surface area contributed by atoms with Gasteiger partial charge in [0.05, 0.1) is 12.0 Å². The summed E-state index contributed by atoms with van der Waals surface area (Å²) in [5.74, 6) is -0.0413. The quantitative estimate of drug-likeness (QED) is 0.411. The van der Waals surface area contributed by atoms with Gasteiger partial charge in [-0.05, 0) is 48.9 Å². The highest BCUT2D eigenvalue weighted by atomic mass is 16.6. The van der Waals surface area contributed by atoms with E-state index < -0.39 is 16.5 Å². The van der Waals surface area contributed by atoms with Crippen LogP contribution in [0.3, 0.4) is 0 Å². The number of hydrogen-bond acceptors (Lipinski definition) is 8. The first-order chi connectivity index (χ1) is 14.0. The molecule has 3 rings (SSSR count). The van der Waals surface area contributed by atoms with Crippen molar-refractivity contribution in [1.82, 2.24) is 15.4 Å². The van der Waals surface area contributed by atoms with E-state index in [9.17, 15) is 14.9 Å². The maximum absolute atomic E-state index is 12.3. The summed E-state index contributed by atoms with van der Waals surface area (Å²) < 4.78 is 5.04. The summed E-state index contributed by atoms with van der Waals surface area (Å²) in [7, 11) is 1.52. The summed E-state index contributed by atoms with van der Waals surface area (Å²) in [6, 6.07) is 13.7. The van der Waals surface area contributed by atoms with E-state index in [2.05, 4.69) is 26.1 Å². The highest BCUT2D eigenvalue weighted by molar-refractivity contribution is 5.95. The second-order valence-electron chi connectivity index (χ2n) is 5.98. The number of ether oxygens (including phenoxy) is 1. The van der Waals surface area contributed by atoms with E-state index in [4.69, 9.17) is 4.74 Å². The first-order valence-corrected chi connectivity index (χ1v) is 8.51. The third-order valence-corrected chi connectivity index (χ3v) is 3.93. The molecule has 0 unspecified atom stereocenters. The van der Waals surface area contributed by atoms with Crippen LogP contribution in [0.4, 0.5) is 23.0 Å². The number of hydrogen-bond donors (Lipinski definition) is 3. The van der Waals surface area contributed by atoms with Crippen molar-refractivity contribution >= 4 is 28.9 Å². The Morgan fingerprint density at radius 2 is 1.83 bits per heavy atom. The van der Waals surface area contributed by atoms with Crippen LogP contribution in [-0.4, -0.2) is 27.9 Å².